The standard InChI is InChI=1S/2C7H13NO2S.CH4O.CH4/c2*1-10-6(9)7(11-2)3-4-8-5-7;1-2;/h2*8H,3-5H2,1-2H3;2H,1H3;1H4/t7-;;;/m0.../s1. The number of carbonyl (C=O) groups is 2. The average molecular weight is 399 g/mol. The summed E-state index contributed by atoms with van der Waals surface area (Å²) in [5.41, 5.74) is 0. The van der Waals surface area contributed by atoms with E-state index < -0.39 is 0 Å². The second kappa shape index (κ2) is 13.7. The van der Waals surface area contributed by atoms with Crippen molar-refractivity contribution in [3.05, 3.63) is 0 Å². The zero-order chi connectivity index (χ0) is 18.6. The van der Waals surface area contributed by atoms with E-state index in [9.17, 15) is 9.59 Å². The van der Waals surface area contributed by atoms with Crippen molar-refractivity contribution in [2.24, 2.45) is 0 Å². The van der Waals surface area contributed by atoms with Gasteiger partial charge in [0, 0.05) is 20.2 Å². The molecule has 0 aromatic rings. The summed E-state index contributed by atoms with van der Waals surface area (Å²) in [5.74, 6) is -0.204. The second-order valence-corrected chi connectivity index (χ2v) is 7.61. The Kier molecular flexibility index (Phi) is 14.6. The summed E-state index contributed by atoms with van der Waals surface area (Å²) >= 11 is 3.15. The van der Waals surface area contributed by atoms with Crippen LogP contribution in [0.15, 0.2) is 0 Å². The predicted molar refractivity (Wildman–Crippen MR) is 106 cm³/mol. The summed E-state index contributed by atoms with van der Waals surface area (Å²) in [4.78, 5) is 22.6. The lowest BCUT2D eigenvalue weighted by molar-refractivity contribution is -0.143. The van der Waals surface area contributed by atoms with E-state index in [0.29, 0.717) is 0 Å². The molecular formula is C16H34N2O5S2. The highest BCUT2D eigenvalue weighted by Crippen LogP contribution is 2.31. The molecule has 3 N–H and O–H groups in total. The Morgan fingerprint density at radius 2 is 1.20 bits per heavy atom. The van der Waals surface area contributed by atoms with Crippen molar-refractivity contribution in [1.29, 1.82) is 0 Å². The highest BCUT2D eigenvalue weighted by molar-refractivity contribution is 8.01. The van der Waals surface area contributed by atoms with E-state index in [1.807, 2.05) is 12.5 Å². The van der Waals surface area contributed by atoms with Gasteiger partial charge < -0.3 is 25.2 Å². The maximum absolute atomic E-state index is 11.3. The molecule has 0 aliphatic carbocycles. The molecule has 2 heterocycles. The number of hydrogen-bond acceptors (Lipinski definition) is 9. The number of aliphatic hydroxyl groups excluding tert-OH is 1. The van der Waals surface area contributed by atoms with Crippen LogP contribution in [0.1, 0.15) is 20.3 Å². The van der Waals surface area contributed by atoms with E-state index >= 15 is 0 Å². The van der Waals surface area contributed by atoms with Gasteiger partial charge in [0.1, 0.15) is 9.49 Å². The molecular weight excluding hydrogens is 364 g/mol. The lowest BCUT2D eigenvalue weighted by Crippen LogP contribution is -2.38. The first-order valence-electron chi connectivity index (χ1n) is 7.63. The maximum atomic E-state index is 11.3. The summed E-state index contributed by atoms with van der Waals surface area (Å²) < 4.78 is 8.84. The summed E-state index contributed by atoms with van der Waals surface area (Å²) in [6.45, 7) is 3.30. The third-order valence-corrected chi connectivity index (χ3v) is 6.72. The quantitative estimate of drug-likeness (QED) is 0.593. The molecule has 2 fully saturated rings. The Bertz CT molecular complexity index is 349. The predicted octanol–water partition coefficient (Wildman–Crippen LogP) is 0.754. The van der Waals surface area contributed by atoms with Crippen molar-refractivity contribution in [1.82, 2.24) is 10.6 Å². The van der Waals surface area contributed by atoms with E-state index in [0.717, 1.165) is 46.1 Å². The Balaban J connectivity index is 0. The molecule has 25 heavy (non-hydrogen) atoms. The Morgan fingerprint density at radius 1 is 0.880 bits per heavy atom. The van der Waals surface area contributed by atoms with Gasteiger partial charge in [0.15, 0.2) is 0 Å². The molecule has 2 saturated heterocycles. The fourth-order valence-electron chi connectivity index (χ4n) is 2.57. The van der Waals surface area contributed by atoms with E-state index in [1.165, 1.54) is 14.2 Å². The molecule has 0 saturated carbocycles. The number of carbonyl (C=O) groups excluding carboxylic acids is 2. The van der Waals surface area contributed by atoms with Crippen LogP contribution in [0.5, 0.6) is 0 Å². The number of hydrogen-bond donors (Lipinski definition) is 3. The van der Waals surface area contributed by atoms with Crippen LogP contribution in [-0.4, -0.2) is 86.6 Å². The van der Waals surface area contributed by atoms with Gasteiger partial charge in [0.25, 0.3) is 0 Å². The zero-order valence-electron chi connectivity index (χ0n) is 15.1. The minimum absolute atomic E-state index is 0. The third-order valence-electron chi connectivity index (χ3n) is 4.13. The minimum atomic E-state index is -0.311. The fourth-order valence-corrected chi connectivity index (χ4v) is 4.18. The van der Waals surface area contributed by atoms with Gasteiger partial charge >= 0.3 is 11.9 Å². The SMILES string of the molecule is C.CO.COC(=O)C1(SC)CCNC1.COC(=O)[C@]1(SC)CCNC1. The maximum Gasteiger partial charge on any atom is 0.323 e. The molecule has 0 bridgehead atoms. The third kappa shape index (κ3) is 6.97. The minimum Gasteiger partial charge on any atom is -0.468 e. The first kappa shape index (κ1) is 26.7. The molecule has 1 unspecified atom stereocenters. The van der Waals surface area contributed by atoms with Crippen molar-refractivity contribution in [2.75, 3.05) is 60.0 Å². The first-order valence-corrected chi connectivity index (χ1v) is 10.1. The fraction of sp³-hybridized carbons (Fsp3) is 0.875. The number of thioether (sulfide) groups is 2. The second-order valence-electron chi connectivity index (χ2n) is 5.23. The largest absolute Gasteiger partial charge is 0.468 e. The van der Waals surface area contributed by atoms with Gasteiger partial charge in [-0.05, 0) is 38.4 Å². The van der Waals surface area contributed by atoms with Crippen LogP contribution >= 0.6 is 23.5 Å². The summed E-state index contributed by atoms with van der Waals surface area (Å²) in [6.07, 6.45) is 5.65. The van der Waals surface area contributed by atoms with Gasteiger partial charge in [-0.2, -0.15) is 0 Å². The molecule has 2 atom stereocenters. The lowest BCUT2D eigenvalue weighted by atomic mass is 10.1. The van der Waals surface area contributed by atoms with Crippen molar-refractivity contribution >= 4 is 35.5 Å². The molecule has 2 rings (SSSR count). The average Bonchev–Trinajstić information content (AvgIpc) is 3.33. The van der Waals surface area contributed by atoms with Crippen LogP contribution < -0.4 is 10.6 Å². The van der Waals surface area contributed by atoms with Gasteiger partial charge in [-0.1, -0.05) is 7.43 Å². The number of esters is 2. The highest BCUT2D eigenvalue weighted by Gasteiger charge is 2.42. The van der Waals surface area contributed by atoms with Crippen LogP contribution in [0.3, 0.4) is 0 Å². The Morgan fingerprint density at radius 3 is 1.36 bits per heavy atom. The van der Waals surface area contributed by atoms with E-state index in [1.54, 1.807) is 23.5 Å². The molecule has 9 heteroatoms. The number of methoxy groups -OCH3 is 2. The highest BCUT2D eigenvalue weighted by atomic mass is 32.2. The molecule has 150 valence electrons. The Labute approximate surface area is 160 Å². The molecule has 2 aliphatic rings. The van der Waals surface area contributed by atoms with Crippen molar-refractivity contribution in [3.8, 4) is 0 Å². The normalized spacial score (nSPS) is 27.0. The van der Waals surface area contributed by atoms with Crippen molar-refractivity contribution in [3.63, 3.8) is 0 Å². The van der Waals surface area contributed by atoms with E-state index in [2.05, 4.69) is 10.6 Å². The van der Waals surface area contributed by atoms with Crippen LogP contribution in [-0.2, 0) is 19.1 Å². The van der Waals surface area contributed by atoms with Gasteiger partial charge in [-0.15, -0.1) is 23.5 Å². The van der Waals surface area contributed by atoms with Crippen LogP contribution in [0.2, 0.25) is 0 Å². The van der Waals surface area contributed by atoms with Crippen LogP contribution in [0.25, 0.3) is 0 Å². The molecule has 0 spiro atoms. The summed E-state index contributed by atoms with van der Waals surface area (Å²) in [7, 11) is 3.89. The molecule has 0 aromatic carbocycles. The van der Waals surface area contributed by atoms with Crippen molar-refractivity contribution in [2.45, 2.75) is 29.8 Å². The van der Waals surface area contributed by atoms with Gasteiger partial charge in [0.2, 0.25) is 0 Å². The Hall–Kier alpha value is -0.480. The van der Waals surface area contributed by atoms with Crippen molar-refractivity contribution < 1.29 is 24.2 Å². The summed E-state index contributed by atoms with van der Waals surface area (Å²) in [5, 5.41) is 13.3. The smallest absolute Gasteiger partial charge is 0.323 e. The van der Waals surface area contributed by atoms with Gasteiger partial charge in [0.05, 0.1) is 14.2 Å². The van der Waals surface area contributed by atoms with Gasteiger partial charge in [-0.25, -0.2) is 0 Å². The number of nitrogens with one attached hydrogen (secondary N) is 2. The van der Waals surface area contributed by atoms with E-state index in [4.69, 9.17) is 14.6 Å². The first-order chi connectivity index (χ1) is 11.5. The summed E-state index contributed by atoms with van der Waals surface area (Å²) in [6, 6.07) is 0. The number of ether oxygens (including phenoxy) is 2. The van der Waals surface area contributed by atoms with Gasteiger partial charge in [-0.3, -0.25) is 9.59 Å². The zero-order valence-corrected chi connectivity index (χ0v) is 16.8. The van der Waals surface area contributed by atoms with E-state index in [-0.39, 0.29) is 28.9 Å². The molecule has 0 amide bonds. The van der Waals surface area contributed by atoms with Crippen LogP contribution in [0.4, 0.5) is 0 Å². The lowest BCUT2D eigenvalue weighted by Gasteiger charge is -2.21. The molecule has 7 nitrogen and oxygen atoms in total. The molecule has 0 radical (unpaired) electrons. The monoisotopic (exact) mass is 398 g/mol. The molecule has 2 aliphatic heterocycles. The molecule has 0 aromatic heterocycles. The number of rotatable bonds is 4. The van der Waals surface area contributed by atoms with Crippen LogP contribution in [0, 0.1) is 0 Å². The topological polar surface area (TPSA) is 96.9 Å². The number of aliphatic hydroxyl groups is 1.